The van der Waals surface area contributed by atoms with Crippen LogP contribution >= 0.6 is 22.9 Å². The van der Waals surface area contributed by atoms with E-state index in [4.69, 9.17) is 11.6 Å². The number of halogens is 1. The van der Waals surface area contributed by atoms with E-state index in [9.17, 15) is 8.42 Å². The summed E-state index contributed by atoms with van der Waals surface area (Å²) in [6, 6.07) is 6.97. The monoisotopic (exact) mass is 330 g/mol. The fourth-order valence-electron chi connectivity index (χ4n) is 1.73. The molecule has 0 bridgehead atoms. The predicted molar refractivity (Wildman–Crippen MR) is 82.4 cm³/mol. The quantitative estimate of drug-likeness (QED) is 0.846. The maximum atomic E-state index is 12.3. The first kappa shape index (κ1) is 15.4. The molecule has 0 aliphatic rings. The van der Waals surface area contributed by atoms with Crippen molar-refractivity contribution in [2.75, 3.05) is 7.05 Å². The summed E-state index contributed by atoms with van der Waals surface area (Å²) in [4.78, 5) is 4.28. The predicted octanol–water partition coefficient (Wildman–Crippen LogP) is 3.07. The maximum absolute atomic E-state index is 12.3. The largest absolute Gasteiger partial charge is 0.245 e. The smallest absolute Gasteiger partial charge is 0.218 e. The minimum atomic E-state index is -3.41. The summed E-state index contributed by atoms with van der Waals surface area (Å²) in [5.41, 5.74) is 1.37. The Hall–Kier alpha value is -0.950. The fourth-order valence-corrected chi connectivity index (χ4v) is 3.81. The first-order chi connectivity index (χ1) is 9.38. The van der Waals surface area contributed by atoms with Crippen molar-refractivity contribution >= 4 is 33.0 Å². The van der Waals surface area contributed by atoms with Crippen LogP contribution in [-0.2, 0) is 22.3 Å². The minimum Gasteiger partial charge on any atom is -0.245 e. The lowest BCUT2D eigenvalue weighted by Gasteiger charge is -2.16. The summed E-state index contributed by atoms with van der Waals surface area (Å²) in [6.45, 7) is 2.17. The van der Waals surface area contributed by atoms with Crippen LogP contribution in [0.3, 0.4) is 0 Å². The molecule has 0 spiro atoms. The minimum absolute atomic E-state index is 0.105. The van der Waals surface area contributed by atoms with E-state index < -0.39 is 10.0 Å². The molecule has 0 fully saturated rings. The van der Waals surface area contributed by atoms with E-state index in [0.717, 1.165) is 10.7 Å². The third kappa shape index (κ3) is 3.79. The van der Waals surface area contributed by atoms with E-state index >= 15 is 0 Å². The molecule has 0 radical (unpaired) electrons. The van der Waals surface area contributed by atoms with Gasteiger partial charge in [0.1, 0.15) is 0 Å². The molecule has 0 amide bonds. The maximum Gasteiger partial charge on any atom is 0.218 e. The van der Waals surface area contributed by atoms with E-state index in [-0.39, 0.29) is 12.3 Å². The van der Waals surface area contributed by atoms with Crippen molar-refractivity contribution in [2.45, 2.75) is 19.2 Å². The molecule has 4 nitrogen and oxygen atoms in total. The Morgan fingerprint density at radius 2 is 2.05 bits per heavy atom. The van der Waals surface area contributed by atoms with Gasteiger partial charge in [-0.1, -0.05) is 29.8 Å². The van der Waals surface area contributed by atoms with Crippen molar-refractivity contribution in [3.63, 3.8) is 0 Å². The highest BCUT2D eigenvalue weighted by Gasteiger charge is 2.20. The molecule has 2 rings (SSSR count). The number of thiazole rings is 1. The van der Waals surface area contributed by atoms with Crippen LogP contribution < -0.4 is 0 Å². The second-order valence-corrected chi connectivity index (χ2v) is 8.01. The van der Waals surface area contributed by atoms with Gasteiger partial charge in [0.25, 0.3) is 0 Å². The lowest BCUT2D eigenvalue weighted by molar-refractivity contribution is 0.462. The van der Waals surface area contributed by atoms with Crippen molar-refractivity contribution in [1.82, 2.24) is 9.29 Å². The van der Waals surface area contributed by atoms with Crippen LogP contribution in [-0.4, -0.2) is 24.8 Å². The number of aryl methyl sites for hydroxylation is 1. The van der Waals surface area contributed by atoms with Crippen LogP contribution in [0.2, 0.25) is 5.02 Å². The summed E-state index contributed by atoms with van der Waals surface area (Å²) < 4.78 is 25.9. The molecule has 2 aromatic rings. The Morgan fingerprint density at radius 3 is 2.65 bits per heavy atom. The lowest BCUT2D eigenvalue weighted by atomic mass is 10.2. The van der Waals surface area contributed by atoms with Gasteiger partial charge >= 0.3 is 0 Å². The number of aromatic nitrogens is 1. The summed E-state index contributed by atoms with van der Waals surface area (Å²) in [5.74, 6) is -0.105. The first-order valence-corrected chi connectivity index (χ1v) is 8.83. The average molecular weight is 331 g/mol. The Balaban J connectivity index is 2.12. The Kier molecular flexibility index (Phi) is 4.80. The summed E-state index contributed by atoms with van der Waals surface area (Å²) in [6.07, 6.45) is 0. The van der Waals surface area contributed by atoms with Gasteiger partial charge < -0.3 is 0 Å². The number of hydrogen-bond acceptors (Lipinski definition) is 4. The van der Waals surface area contributed by atoms with Gasteiger partial charge in [0.2, 0.25) is 10.0 Å². The van der Waals surface area contributed by atoms with Gasteiger partial charge in [0, 0.05) is 17.5 Å². The summed E-state index contributed by atoms with van der Waals surface area (Å²) in [7, 11) is -1.85. The number of sulfonamides is 1. The normalized spacial score (nSPS) is 12.0. The zero-order chi connectivity index (χ0) is 14.8. The molecule has 0 atom stereocenters. The van der Waals surface area contributed by atoms with Crippen molar-refractivity contribution in [1.29, 1.82) is 0 Å². The van der Waals surface area contributed by atoms with Crippen molar-refractivity contribution in [3.05, 3.63) is 50.9 Å². The van der Waals surface area contributed by atoms with Crippen LogP contribution in [0.15, 0.2) is 29.6 Å². The van der Waals surface area contributed by atoms with E-state index in [2.05, 4.69) is 4.98 Å². The van der Waals surface area contributed by atoms with Gasteiger partial charge in [0.05, 0.1) is 23.0 Å². The first-order valence-electron chi connectivity index (χ1n) is 5.97. The molecule has 1 heterocycles. The van der Waals surface area contributed by atoms with Crippen LogP contribution in [0.5, 0.6) is 0 Å². The van der Waals surface area contributed by atoms with Gasteiger partial charge in [-0.05, 0) is 18.6 Å². The van der Waals surface area contributed by atoms with Gasteiger partial charge in [-0.2, -0.15) is 4.31 Å². The lowest BCUT2D eigenvalue weighted by Crippen LogP contribution is -2.28. The van der Waals surface area contributed by atoms with Crippen LogP contribution in [0, 0.1) is 6.92 Å². The van der Waals surface area contributed by atoms with E-state index in [1.807, 2.05) is 12.3 Å². The topological polar surface area (TPSA) is 50.3 Å². The van der Waals surface area contributed by atoms with Crippen LogP contribution in [0.25, 0.3) is 0 Å². The molecule has 0 aliphatic carbocycles. The van der Waals surface area contributed by atoms with E-state index in [0.29, 0.717) is 10.6 Å². The molecule has 0 saturated heterocycles. The average Bonchev–Trinajstić information content (AvgIpc) is 2.77. The zero-order valence-electron chi connectivity index (χ0n) is 11.2. The Morgan fingerprint density at radius 1 is 1.35 bits per heavy atom. The standard InChI is InChI=1S/C13H15ClN2O2S2/c1-10-15-12(8-19-10)7-16(2)20(17,18)9-11-5-3-4-6-13(11)14/h3-6,8H,7,9H2,1-2H3. The van der Waals surface area contributed by atoms with Gasteiger partial charge in [0.15, 0.2) is 0 Å². The molecule has 1 aromatic heterocycles. The van der Waals surface area contributed by atoms with E-state index in [1.165, 1.54) is 15.6 Å². The molecule has 1 aromatic carbocycles. The molecule has 7 heteroatoms. The molecule has 0 saturated carbocycles. The van der Waals surface area contributed by atoms with Crippen molar-refractivity contribution in [3.8, 4) is 0 Å². The SMILES string of the molecule is Cc1nc(CN(C)S(=O)(=O)Cc2ccccc2Cl)cs1. The van der Waals surface area contributed by atoms with E-state index in [1.54, 1.807) is 31.3 Å². The highest BCUT2D eigenvalue weighted by molar-refractivity contribution is 7.88. The molecule has 20 heavy (non-hydrogen) atoms. The summed E-state index contributed by atoms with van der Waals surface area (Å²) in [5, 5.41) is 3.27. The van der Waals surface area contributed by atoms with Gasteiger partial charge in [-0.3, -0.25) is 0 Å². The second kappa shape index (κ2) is 6.22. The molecule has 0 aliphatic heterocycles. The third-order valence-corrected chi connectivity index (χ3v) is 5.77. The molecule has 108 valence electrons. The number of rotatable bonds is 5. The Bertz CT molecular complexity index is 698. The van der Waals surface area contributed by atoms with Gasteiger partial charge in [-0.25, -0.2) is 13.4 Å². The second-order valence-electron chi connectivity index (χ2n) is 4.46. The number of nitrogens with zero attached hydrogens (tertiary/aromatic N) is 2. The molecule has 0 unspecified atom stereocenters. The highest BCUT2D eigenvalue weighted by atomic mass is 35.5. The zero-order valence-corrected chi connectivity index (χ0v) is 13.6. The highest BCUT2D eigenvalue weighted by Crippen LogP contribution is 2.20. The van der Waals surface area contributed by atoms with Gasteiger partial charge in [-0.15, -0.1) is 11.3 Å². The molecular formula is C13H15ClN2O2S2. The van der Waals surface area contributed by atoms with Crippen molar-refractivity contribution < 1.29 is 8.42 Å². The van der Waals surface area contributed by atoms with Crippen LogP contribution in [0.4, 0.5) is 0 Å². The Labute approximate surface area is 128 Å². The molecule has 0 N–H and O–H groups in total. The number of hydrogen-bond donors (Lipinski definition) is 0. The molecular weight excluding hydrogens is 316 g/mol. The van der Waals surface area contributed by atoms with Crippen molar-refractivity contribution in [2.24, 2.45) is 0 Å². The third-order valence-electron chi connectivity index (χ3n) is 2.82. The van der Waals surface area contributed by atoms with Crippen LogP contribution in [0.1, 0.15) is 16.3 Å². The summed E-state index contributed by atoms with van der Waals surface area (Å²) >= 11 is 7.51. The number of benzene rings is 1. The fraction of sp³-hybridized carbons (Fsp3) is 0.308.